The Hall–Kier alpha value is -2.53. The minimum atomic E-state index is -0.967. The number of carbonyl (C=O) groups is 1. The molecule has 5 heteroatoms. The number of aromatic carboxylic acids is 1. The van der Waals surface area contributed by atoms with Crippen molar-refractivity contribution in [1.29, 1.82) is 0 Å². The van der Waals surface area contributed by atoms with Crippen molar-refractivity contribution in [2.24, 2.45) is 0 Å². The van der Waals surface area contributed by atoms with Crippen molar-refractivity contribution >= 4 is 17.3 Å². The van der Waals surface area contributed by atoms with E-state index in [9.17, 15) is 9.90 Å². The summed E-state index contributed by atoms with van der Waals surface area (Å²) in [4.78, 5) is 20.6. The number of nitrogens with zero attached hydrogens (tertiary/aromatic N) is 2. The molecule has 2 aromatic heterocycles. The summed E-state index contributed by atoms with van der Waals surface area (Å²) in [7, 11) is 0. The second kappa shape index (κ2) is 5.46. The number of aromatic nitrogens is 2. The quantitative estimate of drug-likeness (QED) is 0.796. The molecule has 0 aliphatic rings. The normalized spacial score (nSPS) is 10.5. The van der Waals surface area contributed by atoms with Gasteiger partial charge in [0, 0.05) is 11.3 Å². The van der Waals surface area contributed by atoms with E-state index in [2.05, 4.69) is 9.97 Å². The van der Waals surface area contributed by atoms with E-state index in [0.717, 1.165) is 22.6 Å². The number of thiazole rings is 1. The summed E-state index contributed by atoms with van der Waals surface area (Å²) >= 11 is 1.15. The molecule has 0 aliphatic heterocycles. The number of hydrogen-bond donors (Lipinski definition) is 1. The van der Waals surface area contributed by atoms with E-state index < -0.39 is 5.97 Å². The molecule has 0 radical (unpaired) electrons. The lowest BCUT2D eigenvalue weighted by Gasteiger charge is -1.98. The Morgan fingerprint density at radius 3 is 2.48 bits per heavy atom. The monoisotopic (exact) mass is 296 g/mol. The molecule has 0 fully saturated rings. The first-order chi connectivity index (χ1) is 10.1. The summed E-state index contributed by atoms with van der Waals surface area (Å²) < 4.78 is 0. The Labute approximate surface area is 125 Å². The van der Waals surface area contributed by atoms with Crippen LogP contribution in [0.4, 0.5) is 0 Å². The highest BCUT2D eigenvalue weighted by Gasteiger charge is 2.19. The molecule has 0 unspecified atom stereocenters. The van der Waals surface area contributed by atoms with Crippen molar-refractivity contribution < 1.29 is 9.90 Å². The molecule has 4 nitrogen and oxygen atoms in total. The Balaban J connectivity index is 2.15. The average Bonchev–Trinajstić information content (AvgIpc) is 2.93. The summed E-state index contributed by atoms with van der Waals surface area (Å²) in [5.74, 6) is -0.967. The number of aryl methyl sites for hydroxylation is 1. The first-order valence-electron chi connectivity index (χ1n) is 6.39. The number of hydrogen-bond acceptors (Lipinski definition) is 4. The van der Waals surface area contributed by atoms with Crippen LogP contribution < -0.4 is 0 Å². The number of carboxylic acids is 1. The average molecular weight is 296 g/mol. The first-order valence-corrected chi connectivity index (χ1v) is 7.20. The van der Waals surface area contributed by atoms with Gasteiger partial charge in [-0.15, -0.1) is 11.3 Å². The van der Waals surface area contributed by atoms with Gasteiger partial charge in [0.25, 0.3) is 0 Å². The molecule has 3 rings (SSSR count). The van der Waals surface area contributed by atoms with Crippen LogP contribution in [0.3, 0.4) is 0 Å². The van der Waals surface area contributed by atoms with Gasteiger partial charge in [0.1, 0.15) is 9.88 Å². The van der Waals surface area contributed by atoms with Crippen molar-refractivity contribution in [2.75, 3.05) is 0 Å². The number of pyridine rings is 1. The molecule has 0 atom stereocenters. The molecule has 0 saturated heterocycles. The maximum Gasteiger partial charge on any atom is 0.348 e. The van der Waals surface area contributed by atoms with E-state index in [1.807, 2.05) is 55.5 Å². The fraction of sp³-hybridized carbons (Fsp3) is 0.0625. The zero-order valence-electron chi connectivity index (χ0n) is 11.3. The van der Waals surface area contributed by atoms with Gasteiger partial charge in [0.15, 0.2) is 0 Å². The van der Waals surface area contributed by atoms with Crippen molar-refractivity contribution in [3.05, 3.63) is 59.1 Å². The van der Waals surface area contributed by atoms with Gasteiger partial charge in [-0.3, -0.25) is 4.98 Å². The summed E-state index contributed by atoms with van der Waals surface area (Å²) in [5.41, 5.74) is 2.86. The van der Waals surface area contributed by atoms with Crippen molar-refractivity contribution in [1.82, 2.24) is 9.97 Å². The van der Waals surface area contributed by atoms with Crippen LogP contribution in [0.5, 0.6) is 0 Å². The van der Waals surface area contributed by atoms with Gasteiger partial charge >= 0.3 is 5.97 Å². The Bertz CT molecular complexity index is 797. The summed E-state index contributed by atoms with van der Waals surface area (Å²) in [5, 5.41) is 10.0. The van der Waals surface area contributed by atoms with Gasteiger partial charge in [-0.1, -0.05) is 36.4 Å². The molecule has 104 valence electrons. The molecule has 1 aromatic carbocycles. The third-order valence-corrected chi connectivity index (χ3v) is 4.04. The molecule has 0 bridgehead atoms. The molecule has 0 amide bonds. The predicted octanol–water partition coefficient (Wildman–Crippen LogP) is 3.88. The molecular weight excluding hydrogens is 284 g/mol. The van der Waals surface area contributed by atoms with Gasteiger partial charge in [-0.05, 0) is 19.1 Å². The molecule has 21 heavy (non-hydrogen) atoms. The van der Waals surface area contributed by atoms with Gasteiger partial charge in [0.05, 0.1) is 11.4 Å². The Kier molecular flexibility index (Phi) is 3.50. The number of carboxylic acid groups (broad SMARTS) is 1. The maximum atomic E-state index is 11.5. The highest BCUT2D eigenvalue weighted by molar-refractivity contribution is 7.17. The van der Waals surface area contributed by atoms with Gasteiger partial charge < -0.3 is 5.11 Å². The van der Waals surface area contributed by atoms with Crippen LogP contribution in [0.25, 0.3) is 22.0 Å². The van der Waals surface area contributed by atoms with Gasteiger partial charge in [-0.2, -0.15) is 0 Å². The standard InChI is InChI=1S/C16H12N2O2S/c1-10-6-5-9-12(17-10)15-18-13(14(21-15)16(19)20)11-7-3-2-4-8-11/h2-9H,1H3,(H,19,20). The van der Waals surface area contributed by atoms with Crippen molar-refractivity contribution in [3.63, 3.8) is 0 Å². The third kappa shape index (κ3) is 2.68. The van der Waals surface area contributed by atoms with Gasteiger partial charge in [0.2, 0.25) is 0 Å². The first kappa shape index (κ1) is 13.5. The minimum absolute atomic E-state index is 0.236. The lowest BCUT2D eigenvalue weighted by atomic mass is 10.1. The minimum Gasteiger partial charge on any atom is -0.477 e. The van der Waals surface area contributed by atoms with E-state index in [4.69, 9.17) is 0 Å². The lowest BCUT2D eigenvalue weighted by molar-refractivity contribution is 0.0702. The van der Waals surface area contributed by atoms with E-state index in [0.29, 0.717) is 16.4 Å². The van der Waals surface area contributed by atoms with Crippen LogP contribution >= 0.6 is 11.3 Å². The zero-order valence-corrected chi connectivity index (χ0v) is 12.1. The van der Waals surface area contributed by atoms with Crippen molar-refractivity contribution in [3.8, 4) is 22.0 Å². The summed E-state index contributed by atoms with van der Waals surface area (Å²) in [6.45, 7) is 1.90. The fourth-order valence-electron chi connectivity index (χ4n) is 2.03. The number of benzene rings is 1. The van der Waals surface area contributed by atoms with E-state index >= 15 is 0 Å². The Morgan fingerprint density at radius 2 is 1.81 bits per heavy atom. The number of rotatable bonds is 3. The van der Waals surface area contributed by atoms with Crippen LogP contribution in [0.2, 0.25) is 0 Å². The smallest absolute Gasteiger partial charge is 0.348 e. The van der Waals surface area contributed by atoms with E-state index in [1.54, 1.807) is 0 Å². The highest BCUT2D eigenvalue weighted by Crippen LogP contribution is 2.33. The zero-order chi connectivity index (χ0) is 14.8. The Morgan fingerprint density at radius 1 is 1.05 bits per heavy atom. The van der Waals surface area contributed by atoms with Crippen LogP contribution in [0.1, 0.15) is 15.4 Å². The molecule has 0 saturated carbocycles. The highest BCUT2D eigenvalue weighted by atomic mass is 32.1. The largest absolute Gasteiger partial charge is 0.477 e. The SMILES string of the molecule is Cc1cccc(-c2nc(-c3ccccc3)c(C(=O)O)s2)n1. The summed E-state index contributed by atoms with van der Waals surface area (Å²) in [6, 6.07) is 15.0. The molecule has 1 N–H and O–H groups in total. The van der Waals surface area contributed by atoms with Gasteiger partial charge in [-0.25, -0.2) is 9.78 Å². The van der Waals surface area contributed by atoms with Crippen LogP contribution in [-0.4, -0.2) is 21.0 Å². The van der Waals surface area contributed by atoms with Crippen molar-refractivity contribution in [2.45, 2.75) is 6.92 Å². The second-order valence-corrected chi connectivity index (χ2v) is 5.53. The maximum absolute atomic E-state index is 11.5. The molecular formula is C16H12N2O2S. The van der Waals surface area contributed by atoms with Crippen LogP contribution in [0, 0.1) is 6.92 Å². The van der Waals surface area contributed by atoms with Crippen LogP contribution in [-0.2, 0) is 0 Å². The lowest BCUT2D eigenvalue weighted by Crippen LogP contribution is -1.95. The molecule has 2 heterocycles. The topological polar surface area (TPSA) is 63.1 Å². The second-order valence-electron chi connectivity index (χ2n) is 4.53. The van der Waals surface area contributed by atoms with E-state index in [1.165, 1.54) is 0 Å². The molecule has 0 spiro atoms. The van der Waals surface area contributed by atoms with Crippen LogP contribution in [0.15, 0.2) is 48.5 Å². The van der Waals surface area contributed by atoms with E-state index in [-0.39, 0.29) is 4.88 Å². The molecule has 3 aromatic rings. The third-order valence-electron chi connectivity index (χ3n) is 2.98. The fourth-order valence-corrected chi connectivity index (χ4v) is 2.92. The predicted molar refractivity (Wildman–Crippen MR) is 82.5 cm³/mol. The molecule has 0 aliphatic carbocycles. The summed E-state index contributed by atoms with van der Waals surface area (Å²) in [6.07, 6.45) is 0.